The highest BCUT2D eigenvalue weighted by Crippen LogP contribution is 2.63. The van der Waals surface area contributed by atoms with E-state index in [0.29, 0.717) is 38.9 Å². The van der Waals surface area contributed by atoms with Gasteiger partial charge in [0, 0.05) is 56.2 Å². The Balaban J connectivity index is 1.37. The standard InChI is InChI=1S/C47H54N2O13/c1-29-23-41-39(42(24-29)61-28-57-4)25-43(62-46(52)33-12-16-35(17-13-33)49(55)56)44-38(20-22-60-45(51)32-10-14-34(15-11-32)48(53)54)37(40(30(2)50)26-47(41,44)3)7-6-21-59-27-31-8-18-36(58-5)19-9-31/h8-19,24,39-44H,6-7,20-23,25-28H2,1-5H3/t39-,40-,41+,42-,43+,44-,47-/m0/s1. The summed E-state index contributed by atoms with van der Waals surface area (Å²) in [5.74, 6) is -1.57. The summed E-state index contributed by atoms with van der Waals surface area (Å²) in [4.78, 5) is 62.8. The van der Waals surface area contributed by atoms with Crippen LogP contribution >= 0.6 is 0 Å². The second-order valence-electron chi connectivity index (χ2n) is 16.6. The summed E-state index contributed by atoms with van der Waals surface area (Å²) >= 11 is 0. The number of carbonyl (C=O) groups excluding carboxylic acids is 3. The number of rotatable bonds is 19. The lowest BCUT2D eigenvalue weighted by atomic mass is 9.46. The third-order valence-corrected chi connectivity index (χ3v) is 12.7. The zero-order valence-corrected chi connectivity index (χ0v) is 35.7. The minimum Gasteiger partial charge on any atom is -0.497 e. The maximum absolute atomic E-state index is 14.1. The fourth-order valence-electron chi connectivity index (χ4n) is 9.90. The molecule has 3 aromatic rings. The van der Waals surface area contributed by atoms with E-state index in [1.807, 2.05) is 24.3 Å². The minimum atomic E-state index is -0.723. The second kappa shape index (κ2) is 20.4. The SMILES string of the molecule is COCO[C@H]1C=C(C)C[C@@H]2[C@@H]1C[C@@H](OC(=O)c1ccc([N+](=O)[O-])cc1)[C@@H]1C(CCOC(=O)c3ccc([N+](=O)[O-])cc3)=C(CCCOCc3ccc(OC)cc3)[C@H](C(C)=O)C[C@@]21C. The van der Waals surface area contributed by atoms with Gasteiger partial charge in [0.25, 0.3) is 11.4 Å². The van der Waals surface area contributed by atoms with Gasteiger partial charge in [0.1, 0.15) is 24.4 Å². The van der Waals surface area contributed by atoms with E-state index in [1.165, 1.54) is 48.5 Å². The monoisotopic (exact) mass is 854 g/mol. The number of methoxy groups -OCH3 is 2. The maximum Gasteiger partial charge on any atom is 0.338 e. The Labute approximate surface area is 360 Å². The first-order chi connectivity index (χ1) is 29.7. The predicted octanol–water partition coefficient (Wildman–Crippen LogP) is 8.78. The minimum absolute atomic E-state index is 0.00238. The summed E-state index contributed by atoms with van der Waals surface area (Å²) in [6.45, 7) is 6.59. The van der Waals surface area contributed by atoms with E-state index in [4.69, 9.17) is 28.4 Å². The molecule has 7 atom stereocenters. The first-order valence-corrected chi connectivity index (χ1v) is 20.8. The Kier molecular flexibility index (Phi) is 15.1. The van der Waals surface area contributed by atoms with E-state index in [9.17, 15) is 34.6 Å². The van der Waals surface area contributed by atoms with E-state index >= 15 is 0 Å². The Hall–Kier alpha value is -5.77. The van der Waals surface area contributed by atoms with Gasteiger partial charge in [-0.25, -0.2) is 9.59 Å². The average Bonchev–Trinajstić information content (AvgIpc) is 3.26. The molecule has 6 rings (SSSR count). The normalized spacial score (nSPS) is 24.2. The molecule has 0 aliphatic heterocycles. The lowest BCUT2D eigenvalue weighted by Gasteiger charge is -2.60. The number of fused-ring (bicyclic) bond motifs is 3. The molecule has 15 heteroatoms. The van der Waals surface area contributed by atoms with Crippen LogP contribution in [0.15, 0.2) is 95.6 Å². The highest BCUT2D eigenvalue weighted by atomic mass is 16.7. The van der Waals surface area contributed by atoms with Crippen LogP contribution < -0.4 is 4.74 Å². The van der Waals surface area contributed by atoms with Crippen molar-refractivity contribution in [1.82, 2.24) is 0 Å². The van der Waals surface area contributed by atoms with Gasteiger partial charge >= 0.3 is 11.9 Å². The number of ketones is 1. The Morgan fingerprint density at radius 1 is 0.823 bits per heavy atom. The van der Waals surface area contributed by atoms with Crippen molar-refractivity contribution in [2.45, 2.75) is 78.1 Å². The van der Waals surface area contributed by atoms with E-state index in [1.54, 1.807) is 21.1 Å². The van der Waals surface area contributed by atoms with Gasteiger partial charge in [0.05, 0.1) is 47.4 Å². The predicted molar refractivity (Wildman–Crippen MR) is 226 cm³/mol. The van der Waals surface area contributed by atoms with Crippen molar-refractivity contribution in [2.24, 2.45) is 29.1 Å². The molecule has 0 radical (unpaired) electrons. The number of nitro benzene ring substituents is 2. The molecule has 3 aliphatic carbocycles. The number of hydrogen-bond acceptors (Lipinski definition) is 13. The van der Waals surface area contributed by atoms with Gasteiger partial charge < -0.3 is 28.4 Å². The summed E-state index contributed by atoms with van der Waals surface area (Å²) in [5.41, 5.74) is 3.27. The number of benzene rings is 3. The third-order valence-electron chi connectivity index (χ3n) is 12.7. The lowest BCUT2D eigenvalue weighted by Crippen LogP contribution is -2.58. The number of hydrogen-bond donors (Lipinski definition) is 0. The number of esters is 2. The summed E-state index contributed by atoms with van der Waals surface area (Å²) < 4.78 is 35.3. The van der Waals surface area contributed by atoms with E-state index < -0.39 is 45.1 Å². The Morgan fingerprint density at radius 2 is 1.45 bits per heavy atom. The zero-order valence-electron chi connectivity index (χ0n) is 35.7. The van der Waals surface area contributed by atoms with Gasteiger partial charge in [-0.15, -0.1) is 0 Å². The van der Waals surface area contributed by atoms with Crippen molar-refractivity contribution >= 4 is 29.1 Å². The summed E-state index contributed by atoms with van der Waals surface area (Å²) in [6.07, 6.45) is 3.95. The fourth-order valence-corrected chi connectivity index (χ4v) is 9.90. The molecule has 0 aromatic heterocycles. The molecule has 1 fully saturated rings. The molecule has 3 aliphatic rings. The molecule has 0 bridgehead atoms. The molecular weight excluding hydrogens is 801 g/mol. The summed E-state index contributed by atoms with van der Waals surface area (Å²) in [6, 6.07) is 18.1. The zero-order chi connectivity index (χ0) is 44.6. The van der Waals surface area contributed by atoms with Gasteiger partial charge in [0.15, 0.2) is 0 Å². The Bertz CT molecular complexity index is 2170. The van der Waals surface area contributed by atoms with E-state index in [-0.39, 0.29) is 66.0 Å². The van der Waals surface area contributed by atoms with Gasteiger partial charge in [-0.3, -0.25) is 25.0 Å². The topological polar surface area (TPSA) is 193 Å². The van der Waals surface area contributed by atoms with Crippen molar-refractivity contribution in [3.63, 3.8) is 0 Å². The number of ether oxygens (including phenoxy) is 6. The van der Waals surface area contributed by atoms with Crippen LogP contribution in [0, 0.1) is 49.3 Å². The fraction of sp³-hybridized carbons (Fsp3) is 0.468. The van der Waals surface area contributed by atoms with Crippen LogP contribution in [0.2, 0.25) is 0 Å². The molecular formula is C47H54N2O13. The molecule has 0 amide bonds. The molecule has 0 saturated heterocycles. The number of nitrogens with zero attached hydrogens (tertiary/aromatic N) is 2. The smallest absolute Gasteiger partial charge is 0.338 e. The van der Waals surface area contributed by atoms with Crippen LogP contribution in [0.25, 0.3) is 0 Å². The second-order valence-corrected chi connectivity index (χ2v) is 16.6. The van der Waals surface area contributed by atoms with Crippen molar-refractivity contribution < 1.29 is 52.7 Å². The molecule has 0 unspecified atom stereocenters. The largest absolute Gasteiger partial charge is 0.497 e. The first kappa shape index (κ1) is 45.7. The molecule has 330 valence electrons. The molecule has 1 saturated carbocycles. The number of allylic oxidation sites excluding steroid dienone is 2. The van der Waals surface area contributed by atoms with E-state index in [0.717, 1.165) is 34.5 Å². The number of nitro groups is 2. The highest BCUT2D eigenvalue weighted by Gasteiger charge is 2.60. The van der Waals surface area contributed by atoms with Crippen LogP contribution in [-0.2, 0) is 35.1 Å². The van der Waals surface area contributed by atoms with Crippen molar-refractivity contribution in [3.8, 4) is 5.75 Å². The van der Waals surface area contributed by atoms with Crippen molar-refractivity contribution in [1.29, 1.82) is 0 Å². The quantitative estimate of drug-likeness (QED) is 0.0278. The molecule has 0 heterocycles. The average molecular weight is 855 g/mol. The van der Waals surface area contributed by atoms with Gasteiger partial charge in [0.2, 0.25) is 0 Å². The highest BCUT2D eigenvalue weighted by molar-refractivity contribution is 5.90. The van der Waals surface area contributed by atoms with Gasteiger partial charge in [-0.1, -0.05) is 41.9 Å². The van der Waals surface area contributed by atoms with Crippen LogP contribution in [0.4, 0.5) is 11.4 Å². The van der Waals surface area contributed by atoms with Crippen LogP contribution in [0.1, 0.15) is 85.6 Å². The van der Waals surface area contributed by atoms with Crippen LogP contribution in [-0.4, -0.2) is 74.0 Å². The molecule has 0 spiro atoms. The molecule has 15 nitrogen and oxygen atoms in total. The van der Waals surface area contributed by atoms with Gasteiger partial charge in [-0.2, -0.15) is 0 Å². The first-order valence-electron chi connectivity index (χ1n) is 20.8. The number of carbonyl (C=O) groups is 3. The molecule has 62 heavy (non-hydrogen) atoms. The molecule has 3 aromatic carbocycles. The maximum atomic E-state index is 14.1. The lowest BCUT2D eigenvalue weighted by molar-refractivity contribution is -0.385. The van der Waals surface area contributed by atoms with Crippen LogP contribution in [0.5, 0.6) is 5.75 Å². The summed E-state index contributed by atoms with van der Waals surface area (Å²) in [5, 5.41) is 22.6. The van der Waals surface area contributed by atoms with Crippen molar-refractivity contribution in [2.75, 3.05) is 34.2 Å². The Morgan fingerprint density at radius 3 is 2.03 bits per heavy atom. The van der Waals surface area contributed by atoms with Crippen molar-refractivity contribution in [3.05, 3.63) is 133 Å². The summed E-state index contributed by atoms with van der Waals surface area (Å²) in [7, 11) is 3.16. The number of non-ortho nitro benzene ring substituents is 2. The third kappa shape index (κ3) is 10.5. The molecule has 0 N–H and O–H groups in total. The number of Topliss-reactive ketones (excluding diaryl/α,β-unsaturated/α-hetero) is 1. The van der Waals surface area contributed by atoms with E-state index in [2.05, 4.69) is 19.9 Å². The van der Waals surface area contributed by atoms with Gasteiger partial charge in [-0.05, 0) is 105 Å². The van der Waals surface area contributed by atoms with Crippen LogP contribution in [0.3, 0.4) is 0 Å².